The second-order valence-corrected chi connectivity index (χ2v) is 10.1. The van der Waals surface area contributed by atoms with E-state index in [1.54, 1.807) is 0 Å². The monoisotopic (exact) mass is 489 g/mol. The van der Waals surface area contributed by atoms with Crippen LogP contribution in [-0.4, -0.2) is 20.1 Å². The standard InChI is InChI=1S/C35H40N2/c1-6-28-25-31(37(7-2)8-3)22-20-29(28)18-14-24-35(4,26-27-15-10-9-11-16-27)34-32-19-13-12-17-30(32)21-23-33(34)36-5/h6,9-23,25,36H,1,7-8,24,26H2,2-5H3/p+1/b18-14+. The molecule has 0 fully saturated rings. The lowest BCUT2D eigenvalue weighted by Gasteiger charge is -2.31. The van der Waals surface area contributed by atoms with Crippen molar-refractivity contribution in [2.75, 3.05) is 25.0 Å². The summed E-state index contributed by atoms with van der Waals surface area (Å²) in [5.41, 5.74) is 7.69. The molecule has 0 saturated heterocycles. The fourth-order valence-electron chi connectivity index (χ4n) is 5.63. The molecule has 0 aliphatic heterocycles. The quantitative estimate of drug-likeness (QED) is 0.213. The zero-order valence-electron chi connectivity index (χ0n) is 22.9. The van der Waals surface area contributed by atoms with Crippen LogP contribution in [0.4, 0.5) is 11.4 Å². The summed E-state index contributed by atoms with van der Waals surface area (Å²) >= 11 is 0. The molecule has 1 atom stereocenters. The van der Waals surface area contributed by atoms with E-state index in [1.807, 2.05) is 6.08 Å². The van der Waals surface area contributed by atoms with Crippen LogP contribution < -0.4 is 10.2 Å². The van der Waals surface area contributed by atoms with E-state index in [1.165, 1.54) is 44.4 Å². The number of nitrogens with zero attached hydrogens (tertiary/aromatic N) is 1. The summed E-state index contributed by atoms with van der Waals surface area (Å²) in [6, 6.07) is 31.0. The molecule has 0 bridgehead atoms. The largest absolute Gasteiger partial charge is 0.372 e. The van der Waals surface area contributed by atoms with E-state index in [-0.39, 0.29) is 5.41 Å². The van der Waals surface area contributed by atoms with Gasteiger partial charge in [0.25, 0.3) is 0 Å². The Morgan fingerprint density at radius 3 is 2.30 bits per heavy atom. The molecule has 0 saturated carbocycles. The molecule has 190 valence electrons. The van der Waals surface area contributed by atoms with Gasteiger partial charge in [-0.3, -0.25) is 0 Å². The minimum absolute atomic E-state index is 0.0733. The van der Waals surface area contributed by atoms with Crippen LogP contribution in [-0.2, 0) is 11.8 Å². The normalized spacial score (nSPS) is 13.1. The number of allylic oxidation sites excluding steroid dienone is 1. The molecule has 4 aromatic carbocycles. The summed E-state index contributed by atoms with van der Waals surface area (Å²) in [4.78, 5) is 2.38. The van der Waals surface area contributed by atoms with Crippen molar-refractivity contribution in [2.45, 2.75) is 39.0 Å². The Labute approximate surface area is 223 Å². The molecular formula is C35H41N2+. The van der Waals surface area contributed by atoms with Crippen molar-refractivity contribution in [3.05, 3.63) is 120 Å². The van der Waals surface area contributed by atoms with Crippen LogP contribution in [0.15, 0.2) is 97.6 Å². The van der Waals surface area contributed by atoms with Crippen molar-refractivity contribution in [3.8, 4) is 0 Å². The summed E-state index contributed by atoms with van der Waals surface area (Å²) in [5.74, 6) is 0. The summed E-state index contributed by atoms with van der Waals surface area (Å²) in [6.07, 6.45) is 8.54. The third-order valence-corrected chi connectivity index (χ3v) is 7.60. The van der Waals surface area contributed by atoms with Gasteiger partial charge in [0, 0.05) is 29.8 Å². The Hall–Kier alpha value is -3.62. The number of rotatable bonds is 11. The van der Waals surface area contributed by atoms with Crippen LogP contribution in [0.2, 0.25) is 0 Å². The van der Waals surface area contributed by atoms with Crippen molar-refractivity contribution in [1.29, 1.82) is 0 Å². The maximum atomic E-state index is 4.10. The highest BCUT2D eigenvalue weighted by molar-refractivity contribution is 5.90. The number of quaternary nitrogens is 1. The van der Waals surface area contributed by atoms with Gasteiger partial charge in [-0.05, 0) is 78.4 Å². The van der Waals surface area contributed by atoms with Gasteiger partial charge < -0.3 is 10.2 Å². The number of benzene rings is 4. The molecule has 2 heteroatoms. The number of fused-ring (bicyclic) bond motifs is 1. The first-order valence-corrected chi connectivity index (χ1v) is 13.6. The van der Waals surface area contributed by atoms with E-state index < -0.39 is 0 Å². The molecule has 1 unspecified atom stereocenters. The predicted molar refractivity (Wildman–Crippen MR) is 163 cm³/mol. The Balaban J connectivity index is 1.75. The SMILES string of the molecule is C=Cc1cc(N(CC)CC)ccc1/C=C/CC(C)(Cc1ccccc1)c1c([NH2+]C)ccc2ccccc12. The van der Waals surface area contributed by atoms with Gasteiger partial charge in [-0.25, -0.2) is 0 Å². The van der Waals surface area contributed by atoms with Crippen molar-refractivity contribution < 1.29 is 5.32 Å². The maximum absolute atomic E-state index is 4.10. The van der Waals surface area contributed by atoms with Crippen molar-refractivity contribution >= 4 is 34.3 Å². The van der Waals surface area contributed by atoms with Crippen LogP contribution in [0.5, 0.6) is 0 Å². The molecule has 0 spiro atoms. The molecule has 0 aliphatic carbocycles. The van der Waals surface area contributed by atoms with Crippen LogP contribution in [0.1, 0.15) is 49.4 Å². The lowest BCUT2D eigenvalue weighted by atomic mass is 9.72. The molecule has 2 nitrogen and oxygen atoms in total. The second-order valence-electron chi connectivity index (χ2n) is 10.1. The molecule has 2 N–H and O–H groups in total. The molecule has 0 aromatic heterocycles. The van der Waals surface area contributed by atoms with Gasteiger partial charge >= 0.3 is 0 Å². The molecule has 0 radical (unpaired) electrons. The molecule has 0 amide bonds. The highest BCUT2D eigenvalue weighted by Gasteiger charge is 2.32. The summed E-state index contributed by atoms with van der Waals surface area (Å²) < 4.78 is 0. The maximum Gasteiger partial charge on any atom is 0.133 e. The van der Waals surface area contributed by atoms with Gasteiger partial charge in [0.15, 0.2) is 0 Å². The first-order valence-electron chi connectivity index (χ1n) is 13.6. The summed E-state index contributed by atoms with van der Waals surface area (Å²) in [6.45, 7) is 12.9. The van der Waals surface area contributed by atoms with Crippen molar-refractivity contribution in [3.63, 3.8) is 0 Å². The van der Waals surface area contributed by atoms with Gasteiger partial charge in [0.05, 0.1) is 7.05 Å². The first-order chi connectivity index (χ1) is 18.0. The zero-order chi connectivity index (χ0) is 26.3. The average Bonchev–Trinajstić information content (AvgIpc) is 2.94. The third kappa shape index (κ3) is 5.87. The predicted octanol–water partition coefficient (Wildman–Crippen LogP) is 7.76. The Kier molecular flexibility index (Phi) is 8.63. The molecule has 4 aromatic rings. The fraction of sp³-hybridized carbons (Fsp3) is 0.257. The fourth-order valence-corrected chi connectivity index (χ4v) is 5.63. The number of hydrogen-bond donors (Lipinski definition) is 1. The lowest BCUT2D eigenvalue weighted by molar-refractivity contribution is -0.540. The van der Waals surface area contributed by atoms with Gasteiger partial charge in [-0.2, -0.15) is 0 Å². The van der Waals surface area contributed by atoms with E-state index in [0.29, 0.717) is 0 Å². The highest BCUT2D eigenvalue weighted by Crippen LogP contribution is 2.40. The Morgan fingerprint density at radius 1 is 0.865 bits per heavy atom. The van der Waals surface area contributed by atoms with E-state index in [0.717, 1.165) is 25.9 Å². The first kappa shape index (κ1) is 26.4. The van der Waals surface area contributed by atoms with Crippen LogP contribution in [0.3, 0.4) is 0 Å². The van der Waals surface area contributed by atoms with E-state index >= 15 is 0 Å². The molecule has 0 aliphatic rings. The van der Waals surface area contributed by atoms with Gasteiger partial charge in [-0.15, -0.1) is 0 Å². The van der Waals surface area contributed by atoms with E-state index in [2.05, 4.69) is 142 Å². The third-order valence-electron chi connectivity index (χ3n) is 7.60. The van der Waals surface area contributed by atoms with E-state index in [9.17, 15) is 0 Å². The smallest absolute Gasteiger partial charge is 0.133 e. The topological polar surface area (TPSA) is 19.9 Å². The number of nitrogens with two attached hydrogens (primary N) is 1. The minimum atomic E-state index is -0.0733. The zero-order valence-corrected chi connectivity index (χ0v) is 22.9. The minimum Gasteiger partial charge on any atom is -0.372 e. The molecule has 37 heavy (non-hydrogen) atoms. The van der Waals surface area contributed by atoms with Crippen LogP contribution in [0.25, 0.3) is 22.9 Å². The highest BCUT2D eigenvalue weighted by atomic mass is 15.1. The van der Waals surface area contributed by atoms with Gasteiger partial charge in [0.1, 0.15) is 5.69 Å². The summed E-state index contributed by atoms with van der Waals surface area (Å²) in [5, 5.41) is 4.91. The van der Waals surface area contributed by atoms with Gasteiger partial charge in [-0.1, -0.05) is 92.4 Å². The molecular weight excluding hydrogens is 448 g/mol. The molecule has 0 heterocycles. The lowest BCUT2D eigenvalue weighted by Crippen LogP contribution is -2.73. The average molecular weight is 490 g/mol. The Morgan fingerprint density at radius 2 is 1.59 bits per heavy atom. The van der Waals surface area contributed by atoms with Crippen LogP contribution in [0, 0.1) is 0 Å². The molecule has 4 rings (SSSR count). The van der Waals surface area contributed by atoms with E-state index in [4.69, 9.17) is 0 Å². The number of hydrogen-bond acceptors (Lipinski definition) is 1. The number of anilines is 1. The van der Waals surface area contributed by atoms with Gasteiger partial charge in [0.2, 0.25) is 0 Å². The Bertz CT molecular complexity index is 1360. The van der Waals surface area contributed by atoms with Crippen molar-refractivity contribution in [2.24, 2.45) is 0 Å². The second kappa shape index (κ2) is 12.1. The summed E-state index contributed by atoms with van der Waals surface area (Å²) in [7, 11) is 2.15. The van der Waals surface area contributed by atoms with Crippen molar-refractivity contribution in [1.82, 2.24) is 0 Å². The van der Waals surface area contributed by atoms with Crippen LogP contribution >= 0.6 is 0 Å².